The Morgan fingerprint density at radius 3 is 2.72 bits per heavy atom. The van der Waals surface area contributed by atoms with Gasteiger partial charge in [0.2, 0.25) is 0 Å². The quantitative estimate of drug-likeness (QED) is 0.759. The van der Waals surface area contributed by atoms with E-state index in [1.54, 1.807) is 18.0 Å². The van der Waals surface area contributed by atoms with Gasteiger partial charge in [-0.3, -0.25) is 4.79 Å². The molecule has 0 spiro atoms. The molecule has 0 amide bonds. The molecule has 0 aliphatic heterocycles. The normalized spacial score (nSPS) is 12.3. The predicted molar refractivity (Wildman–Crippen MR) is 69.2 cm³/mol. The molecule has 1 unspecified atom stereocenters. The van der Waals surface area contributed by atoms with Gasteiger partial charge in [-0.25, -0.2) is 4.68 Å². The number of aldehydes is 1. The smallest absolute Gasteiger partial charge is 0.153 e. The van der Waals surface area contributed by atoms with Crippen LogP contribution in [0.2, 0.25) is 0 Å². The van der Waals surface area contributed by atoms with E-state index in [2.05, 4.69) is 5.10 Å². The van der Waals surface area contributed by atoms with Crippen LogP contribution in [0.3, 0.4) is 0 Å². The fraction of sp³-hybridized carbons (Fsp3) is 0.286. The van der Waals surface area contributed by atoms with E-state index in [-0.39, 0.29) is 5.92 Å². The zero-order valence-electron chi connectivity index (χ0n) is 10.5. The highest BCUT2D eigenvalue weighted by Crippen LogP contribution is 2.19. The number of benzene rings is 1. The third kappa shape index (κ3) is 2.49. The van der Waals surface area contributed by atoms with Gasteiger partial charge in [0.25, 0.3) is 0 Å². The summed E-state index contributed by atoms with van der Waals surface area (Å²) in [7, 11) is 1.64. The summed E-state index contributed by atoms with van der Waals surface area (Å²) in [6.45, 7) is 2.54. The van der Waals surface area contributed by atoms with Crippen molar-refractivity contribution in [3.63, 3.8) is 0 Å². The van der Waals surface area contributed by atoms with Crippen molar-refractivity contribution in [2.75, 3.05) is 13.7 Å². The third-order valence-electron chi connectivity index (χ3n) is 2.80. The van der Waals surface area contributed by atoms with E-state index >= 15 is 0 Å². The maximum Gasteiger partial charge on any atom is 0.153 e. The number of para-hydroxylation sites is 1. The Hall–Kier alpha value is -1.94. The molecule has 2 rings (SSSR count). The molecule has 0 radical (unpaired) electrons. The number of methoxy groups -OCH3 is 1. The SMILES string of the molecule is COCC(C)c1nn(-c2ccccc2)cc1C=O. The number of ether oxygens (including phenoxy) is 1. The summed E-state index contributed by atoms with van der Waals surface area (Å²) in [6.07, 6.45) is 2.60. The first-order valence-corrected chi connectivity index (χ1v) is 5.85. The van der Waals surface area contributed by atoms with Crippen LogP contribution in [0.25, 0.3) is 5.69 Å². The standard InChI is InChI=1S/C14H16N2O2/c1-11(10-18-2)14-12(9-17)8-16(15-14)13-6-4-3-5-7-13/h3-9,11H,10H2,1-2H3. The summed E-state index contributed by atoms with van der Waals surface area (Å²) in [5.41, 5.74) is 2.33. The van der Waals surface area contributed by atoms with Crippen LogP contribution in [0.15, 0.2) is 36.5 Å². The van der Waals surface area contributed by atoms with Gasteiger partial charge in [-0.05, 0) is 12.1 Å². The summed E-state index contributed by atoms with van der Waals surface area (Å²) >= 11 is 0. The molecule has 1 aromatic carbocycles. The van der Waals surface area contributed by atoms with Gasteiger partial charge in [0.05, 0.1) is 23.6 Å². The molecule has 1 heterocycles. The van der Waals surface area contributed by atoms with E-state index < -0.39 is 0 Å². The second-order valence-corrected chi connectivity index (χ2v) is 4.22. The van der Waals surface area contributed by atoms with Crippen LogP contribution in [0.5, 0.6) is 0 Å². The zero-order chi connectivity index (χ0) is 13.0. The van der Waals surface area contributed by atoms with Crippen molar-refractivity contribution in [1.29, 1.82) is 0 Å². The van der Waals surface area contributed by atoms with Crippen LogP contribution in [0, 0.1) is 0 Å². The molecule has 0 bridgehead atoms. The molecule has 18 heavy (non-hydrogen) atoms. The minimum absolute atomic E-state index is 0.0974. The molecule has 0 fully saturated rings. The number of hydrogen-bond acceptors (Lipinski definition) is 3. The van der Waals surface area contributed by atoms with Gasteiger partial charge in [0.1, 0.15) is 0 Å². The summed E-state index contributed by atoms with van der Waals surface area (Å²) in [6, 6.07) is 9.73. The highest BCUT2D eigenvalue weighted by molar-refractivity contribution is 5.76. The lowest BCUT2D eigenvalue weighted by Crippen LogP contribution is -2.05. The van der Waals surface area contributed by atoms with Crippen molar-refractivity contribution in [2.24, 2.45) is 0 Å². The van der Waals surface area contributed by atoms with Crippen LogP contribution >= 0.6 is 0 Å². The van der Waals surface area contributed by atoms with Crippen molar-refractivity contribution in [3.05, 3.63) is 47.8 Å². The van der Waals surface area contributed by atoms with Gasteiger partial charge in [-0.15, -0.1) is 0 Å². The van der Waals surface area contributed by atoms with Crippen LogP contribution in [0.4, 0.5) is 0 Å². The second kappa shape index (κ2) is 5.60. The predicted octanol–water partition coefficient (Wildman–Crippen LogP) is 2.43. The van der Waals surface area contributed by atoms with Crippen molar-refractivity contribution in [2.45, 2.75) is 12.8 Å². The second-order valence-electron chi connectivity index (χ2n) is 4.22. The minimum Gasteiger partial charge on any atom is -0.384 e. The zero-order valence-corrected chi connectivity index (χ0v) is 10.5. The van der Waals surface area contributed by atoms with Crippen molar-refractivity contribution >= 4 is 6.29 Å². The van der Waals surface area contributed by atoms with Crippen LogP contribution < -0.4 is 0 Å². The van der Waals surface area contributed by atoms with Crippen molar-refractivity contribution in [1.82, 2.24) is 9.78 Å². The Morgan fingerprint density at radius 1 is 1.39 bits per heavy atom. The third-order valence-corrected chi connectivity index (χ3v) is 2.80. The fourth-order valence-electron chi connectivity index (χ4n) is 1.92. The summed E-state index contributed by atoms with van der Waals surface area (Å²) in [4.78, 5) is 11.1. The monoisotopic (exact) mass is 244 g/mol. The lowest BCUT2D eigenvalue weighted by atomic mass is 10.1. The highest BCUT2D eigenvalue weighted by atomic mass is 16.5. The van der Waals surface area contributed by atoms with Gasteiger partial charge in [0.15, 0.2) is 6.29 Å². The molecule has 0 saturated heterocycles. The largest absolute Gasteiger partial charge is 0.384 e. The number of nitrogens with zero attached hydrogens (tertiary/aromatic N) is 2. The first-order chi connectivity index (χ1) is 8.76. The van der Waals surface area contributed by atoms with Gasteiger partial charge < -0.3 is 4.74 Å². The Balaban J connectivity index is 2.38. The Kier molecular flexibility index (Phi) is 3.89. The Labute approximate surface area is 106 Å². The number of aromatic nitrogens is 2. The molecule has 1 aromatic heterocycles. The summed E-state index contributed by atoms with van der Waals surface area (Å²) in [5, 5.41) is 4.48. The number of carbonyl (C=O) groups is 1. The van der Waals surface area contributed by atoms with E-state index in [1.165, 1.54) is 0 Å². The summed E-state index contributed by atoms with van der Waals surface area (Å²) < 4.78 is 6.83. The number of rotatable bonds is 5. The number of hydrogen-bond donors (Lipinski definition) is 0. The van der Waals surface area contributed by atoms with Crippen molar-refractivity contribution < 1.29 is 9.53 Å². The molecule has 0 aliphatic carbocycles. The fourth-order valence-corrected chi connectivity index (χ4v) is 1.92. The minimum atomic E-state index is 0.0974. The topological polar surface area (TPSA) is 44.1 Å². The van der Waals surface area contributed by atoms with Gasteiger partial charge in [0, 0.05) is 19.2 Å². The van der Waals surface area contributed by atoms with Crippen LogP contribution in [-0.4, -0.2) is 29.8 Å². The van der Waals surface area contributed by atoms with Gasteiger partial charge in [-0.2, -0.15) is 5.10 Å². The van der Waals surface area contributed by atoms with E-state index in [1.807, 2.05) is 37.3 Å². The molecule has 0 aliphatic rings. The van der Waals surface area contributed by atoms with E-state index in [4.69, 9.17) is 4.74 Å². The van der Waals surface area contributed by atoms with Crippen LogP contribution in [-0.2, 0) is 4.74 Å². The van der Waals surface area contributed by atoms with Gasteiger partial charge in [-0.1, -0.05) is 25.1 Å². The average Bonchev–Trinajstić information content (AvgIpc) is 2.84. The maximum atomic E-state index is 11.1. The number of carbonyl (C=O) groups excluding carboxylic acids is 1. The van der Waals surface area contributed by atoms with Crippen molar-refractivity contribution in [3.8, 4) is 5.69 Å². The average molecular weight is 244 g/mol. The van der Waals surface area contributed by atoms with E-state index in [9.17, 15) is 4.79 Å². The maximum absolute atomic E-state index is 11.1. The molecule has 4 nitrogen and oxygen atoms in total. The van der Waals surface area contributed by atoms with Gasteiger partial charge >= 0.3 is 0 Å². The van der Waals surface area contributed by atoms with E-state index in [0.717, 1.165) is 17.7 Å². The lowest BCUT2D eigenvalue weighted by molar-refractivity contribution is 0.112. The first kappa shape index (κ1) is 12.5. The molecule has 2 aromatic rings. The molecule has 1 atom stereocenters. The molecular weight excluding hydrogens is 228 g/mol. The van der Waals surface area contributed by atoms with Crippen LogP contribution in [0.1, 0.15) is 28.9 Å². The molecule has 4 heteroatoms. The lowest BCUT2D eigenvalue weighted by Gasteiger charge is -2.07. The Bertz CT molecular complexity index is 520. The first-order valence-electron chi connectivity index (χ1n) is 5.85. The molecule has 94 valence electrons. The Morgan fingerprint density at radius 2 is 2.11 bits per heavy atom. The molecular formula is C14H16N2O2. The molecule has 0 saturated carbocycles. The highest BCUT2D eigenvalue weighted by Gasteiger charge is 2.15. The molecule has 0 N–H and O–H groups in total. The summed E-state index contributed by atoms with van der Waals surface area (Å²) in [5.74, 6) is 0.0974. The van der Waals surface area contributed by atoms with E-state index in [0.29, 0.717) is 12.2 Å².